The Balaban J connectivity index is 1.53. The van der Waals surface area contributed by atoms with Crippen LogP contribution in [0.2, 0.25) is 0 Å². The van der Waals surface area contributed by atoms with Gasteiger partial charge in [-0.2, -0.15) is 0 Å². The van der Waals surface area contributed by atoms with Crippen molar-refractivity contribution in [2.24, 2.45) is 11.8 Å². The van der Waals surface area contributed by atoms with Gasteiger partial charge in [-0.05, 0) is 60.2 Å². The molecule has 3 aliphatic rings. The summed E-state index contributed by atoms with van der Waals surface area (Å²) in [7, 11) is 0. The molecular weight excluding hydrogens is 383 g/mol. The molecule has 0 radical (unpaired) electrons. The van der Waals surface area contributed by atoms with Crippen LogP contribution in [0.1, 0.15) is 30.9 Å². The zero-order valence-corrected chi connectivity index (χ0v) is 16.9. The van der Waals surface area contributed by atoms with E-state index in [1.54, 1.807) is 6.07 Å². The van der Waals surface area contributed by atoms with Gasteiger partial charge in [0.2, 0.25) is 5.91 Å². The van der Waals surface area contributed by atoms with Gasteiger partial charge in [0.05, 0.1) is 18.7 Å². The van der Waals surface area contributed by atoms with Gasteiger partial charge in [0.15, 0.2) is 0 Å². The van der Waals surface area contributed by atoms with Crippen LogP contribution in [0.25, 0.3) is 11.1 Å². The van der Waals surface area contributed by atoms with Gasteiger partial charge in [-0.25, -0.2) is 4.39 Å². The van der Waals surface area contributed by atoms with Crippen LogP contribution in [0.15, 0.2) is 42.5 Å². The maximum Gasteiger partial charge on any atom is 0.226 e. The Morgan fingerprint density at radius 1 is 1.13 bits per heavy atom. The smallest absolute Gasteiger partial charge is 0.226 e. The molecule has 0 bridgehead atoms. The lowest BCUT2D eigenvalue weighted by atomic mass is 9.82. The number of nitrogens with one attached hydrogen (secondary N) is 1. The topological polar surface area (TPSA) is 61.8 Å². The number of fused-ring (bicyclic) bond motifs is 3. The molecule has 0 saturated carbocycles. The molecule has 6 heteroatoms. The van der Waals surface area contributed by atoms with Gasteiger partial charge in [0.25, 0.3) is 0 Å². The number of hydrogen-bond acceptors (Lipinski definition) is 4. The van der Waals surface area contributed by atoms with Crippen LogP contribution in [0.3, 0.4) is 0 Å². The molecule has 30 heavy (non-hydrogen) atoms. The number of rotatable bonds is 3. The number of halogens is 1. The summed E-state index contributed by atoms with van der Waals surface area (Å²) in [6.07, 6.45) is 2.40. The number of ether oxygens (including phenoxy) is 1. The molecule has 5 nitrogen and oxygen atoms in total. The summed E-state index contributed by atoms with van der Waals surface area (Å²) in [6.45, 7) is 2.01. The second-order valence-electron chi connectivity index (χ2n) is 8.56. The van der Waals surface area contributed by atoms with E-state index in [0.29, 0.717) is 19.8 Å². The molecule has 2 aromatic rings. The van der Waals surface area contributed by atoms with Crippen molar-refractivity contribution < 1.29 is 19.0 Å². The quantitative estimate of drug-likeness (QED) is 0.812. The van der Waals surface area contributed by atoms with Crippen molar-refractivity contribution in [3.8, 4) is 11.1 Å². The lowest BCUT2D eigenvalue weighted by Crippen LogP contribution is -2.44. The largest absolute Gasteiger partial charge is 0.394 e. The summed E-state index contributed by atoms with van der Waals surface area (Å²) >= 11 is 0. The van der Waals surface area contributed by atoms with Crippen molar-refractivity contribution >= 4 is 11.6 Å². The van der Waals surface area contributed by atoms with Gasteiger partial charge in [-0.15, -0.1) is 0 Å². The number of aliphatic hydroxyl groups excluding tert-OH is 1. The first-order valence-corrected chi connectivity index (χ1v) is 10.8. The average Bonchev–Trinajstić information content (AvgIpc) is 3.24. The molecule has 0 unspecified atom stereocenters. The molecule has 0 aromatic heterocycles. The second kappa shape index (κ2) is 8.00. The third-order valence-corrected chi connectivity index (χ3v) is 6.88. The summed E-state index contributed by atoms with van der Waals surface area (Å²) in [5.74, 6) is 0.106. The molecule has 2 N–H and O–H groups in total. The summed E-state index contributed by atoms with van der Waals surface area (Å²) < 4.78 is 19.2. The van der Waals surface area contributed by atoms with E-state index in [2.05, 4.69) is 11.4 Å². The zero-order valence-electron chi connectivity index (χ0n) is 16.9. The number of likely N-dealkylation sites (tertiary alicyclic amines) is 1. The highest BCUT2D eigenvalue weighted by Gasteiger charge is 2.46. The second-order valence-corrected chi connectivity index (χ2v) is 8.56. The molecule has 1 amide bonds. The molecule has 2 fully saturated rings. The Bertz CT molecular complexity index is 944. The van der Waals surface area contributed by atoms with E-state index in [1.807, 2.05) is 23.1 Å². The highest BCUT2D eigenvalue weighted by atomic mass is 19.1. The van der Waals surface area contributed by atoms with Crippen molar-refractivity contribution in [1.82, 2.24) is 4.90 Å². The summed E-state index contributed by atoms with van der Waals surface area (Å²) in [5, 5.41) is 13.4. The fourth-order valence-electron chi connectivity index (χ4n) is 5.34. The van der Waals surface area contributed by atoms with Crippen molar-refractivity contribution in [2.45, 2.75) is 31.3 Å². The van der Waals surface area contributed by atoms with Crippen molar-refractivity contribution in [3.05, 3.63) is 53.8 Å². The van der Waals surface area contributed by atoms with E-state index in [4.69, 9.17) is 4.74 Å². The van der Waals surface area contributed by atoms with Crippen LogP contribution in [-0.4, -0.2) is 48.3 Å². The number of nitrogens with zero attached hydrogens (tertiary/aromatic N) is 1. The molecular formula is C24H27FN2O3. The number of amides is 1. The maximum atomic E-state index is 13.8. The monoisotopic (exact) mass is 410 g/mol. The van der Waals surface area contributed by atoms with Crippen LogP contribution < -0.4 is 5.32 Å². The number of aliphatic hydroxyl groups is 1. The third kappa shape index (κ3) is 3.38. The van der Waals surface area contributed by atoms with E-state index in [-0.39, 0.29) is 42.3 Å². The van der Waals surface area contributed by atoms with Gasteiger partial charge in [0, 0.05) is 37.3 Å². The van der Waals surface area contributed by atoms with Crippen LogP contribution in [0.4, 0.5) is 10.1 Å². The molecule has 0 aliphatic carbocycles. The van der Waals surface area contributed by atoms with Gasteiger partial charge in [-0.3, -0.25) is 4.79 Å². The van der Waals surface area contributed by atoms with Gasteiger partial charge in [0.1, 0.15) is 5.82 Å². The normalized spacial score (nSPS) is 26.1. The van der Waals surface area contributed by atoms with E-state index in [1.165, 1.54) is 12.1 Å². The lowest BCUT2D eigenvalue weighted by Gasteiger charge is -2.40. The molecule has 5 rings (SSSR count). The highest BCUT2D eigenvalue weighted by molar-refractivity contribution is 5.81. The van der Waals surface area contributed by atoms with Crippen molar-refractivity contribution in [1.29, 1.82) is 0 Å². The number of hydrogen-bond donors (Lipinski definition) is 2. The molecule has 2 aromatic carbocycles. The summed E-state index contributed by atoms with van der Waals surface area (Å²) in [4.78, 5) is 15.4. The van der Waals surface area contributed by atoms with Crippen LogP contribution >= 0.6 is 0 Å². The molecule has 158 valence electrons. The van der Waals surface area contributed by atoms with Crippen LogP contribution in [-0.2, 0) is 9.53 Å². The Morgan fingerprint density at radius 2 is 1.93 bits per heavy atom. The fraction of sp³-hybridized carbons (Fsp3) is 0.458. The first kappa shape index (κ1) is 19.5. The average molecular weight is 410 g/mol. The number of carbonyl (C=O) groups is 1. The summed E-state index contributed by atoms with van der Waals surface area (Å²) in [5.41, 5.74) is 3.76. The van der Waals surface area contributed by atoms with E-state index >= 15 is 0 Å². The standard InChI is InChI=1S/C24H27FN2O3/c25-18-3-1-2-16(12-18)17-4-5-21-20(13-17)23-19(22(14-28)26-21)6-9-27(23)24(29)15-7-10-30-11-8-15/h1-5,12-13,15,19,22-23,26,28H,6-11,14H2/t19-,22-,23-/m0/s1. The summed E-state index contributed by atoms with van der Waals surface area (Å²) in [6, 6.07) is 12.5. The Hall–Kier alpha value is -2.44. The minimum Gasteiger partial charge on any atom is -0.394 e. The number of carbonyl (C=O) groups excluding carboxylic acids is 1. The molecule has 0 spiro atoms. The molecule has 3 aliphatic heterocycles. The SMILES string of the molecule is O=C(C1CCOCC1)N1CC[C@H]2[C@H](CO)Nc3ccc(-c4cccc(F)c4)cc3[C@H]21. The van der Waals surface area contributed by atoms with E-state index in [9.17, 15) is 14.3 Å². The Morgan fingerprint density at radius 3 is 2.70 bits per heavy atom. The fourth-order valence-corrected chi connectivity index (χ4v) is 5.34. The molecule has 3 atom stereocenters. The zero-order chi connectivity index (χ0) is 20.7. The predicted octanol–water partition coefficient (Wildman–Crippen LogP) is 3.60. The van der Waals surface area contributed by atoms with E-state index < -0.39 is 0 Å². The van der Waals surface area contributed by atoms with Gasteiger partial charge >= 0.3 is 0 Å². The van der Waals surface area contributed by atoms with Crippen molar-refractivity contribution in [3.63, 3.8) is 0 Å². The molecule has 2 saturated heterocycles. The van der Waals surface area contributed by atoms with Gasteiger partial charge < -0.3 is 20.1 Å². The number of anilines is 1. The Labute approximate surface area is 175 Å². The van der Waals surface area contributed by atoms with Gasteiger partial charge in [-0.1, -0.05) is 18.2 Å². The molecule has 3 heterocycles. The predicted molar refractivity (Wildman–Crippen MR) is 112 cm³/mol. The Kier molecular flexibility index (Phi) is 5.21. The number of benzene rings is 2. The maximum absolute atomic E-state index is 13.8. The van der Waals surface area contributed by atoms with Crippen LogP contribution in [0, 0.1) is 17.7 Å². The third-order valence-electron chi connectivity index (χ3n) is 6.88. The first-order valence-electron chi connectivity index (χ1n) is 10.8. The van der Waals surface area contributed by atoms with Crippen LogP contribution in [0.5, 0.6) is 0 Å². The van der Waals surface area contributed by atoms with Crippen molar-refractivity contribution in [2.75, 3.05) is 31.7 Å². The minimum absolute atomic E-state index is 0.00909. The highest BCUT2D eigenvalue weighted by Crippen LogP contribution is 2.48. The minimum atomic E-state index is -0.265. The first-order chi connectivity index (χ1) is 14.7. The van der Waals surface area contributed by atoms with E-state index in [0.717, 1.165) is 41.6 Å². The lowest BCUT2D eigenvalue weighted by molar-refractivity contribution is -0.140.